The predicted octanol–water partition coefficient (Wildman–Crippen LogP) is 1.93. The Morgan fingerprint density at radius 1 is 1.25 bits per heavy atom. The summed E-state index contributed by atoms with van der Waals surface area (Å²) in [5.74, 6) is -0.232. The van der Waals surface area contributed by atoms with Crippen LogP contribution in [0.5, 0.6) is 0 Å². The van der Waals surface area contributed by atoms with Gasteiger partial charge in [0.05, 0.1) is 11.4 Å². The molecular weight excluding hydrogens is 255 g/mol. The molecule has 0 bridgehead atoms. The van der Waals surface area contributed by atoms with E-state index in [-0.39, 0.29) is 11.9 Å². The van der Waals surface area contributed by atoms with Crippen molar-refractivity contribution in [2.75, 3.05) is 13.1 Å². The van der Waals surface area contributed by atoms with Gasteiger partial charge >= 0.3 is 0 Å². The second kappa shape index (κ2) is 5.73. The quantitative estimate of drug-likeness (QED) is 0.930. The van der Waals surface area contributed by atoms with Crippen molar-refractivity contribution in [3.63, 3.8) is 0 Å². The van der Waals surface area contributed by atoms with E-state index in [0.717, 1.165) is 43.9 Å². The Labute approximate surface area is 118 Å². The summed E-state index contributed by atoms with van der Waals surface area (Å²) in [6.07, 6.45) is 4.03. The zero-order valence-corrected chi connectivity index (χ0v) is 11.4. The summed E-state index contributed by atoms with van der Waals surface area (Å²) in [5.41, 5.74) is 8.00. The number of nitrogens with zero attached hydrogens (tertiary/aromatic N) is 3. The molecule has 0 radical (unpaired) electrons. The Morgan fingerprint density at radius 2 is 2.05 bits per heavy atom. The number of hydrogen-bond acceptors (Lipinski definition) is 3. The SMILES string of the molecule is NC1CCCN(Cc2ccnn2-c2ccc(F)cc2)C1. The highest BCUT2D eigenvalue weighted by Crippen LogP contribution is 2.16. The summed E-state index contributed by atoms with van der Waals surface area (Å²) in [7, 11) is 0. The van der Waals surface area contributed by atoms with Gasteiger partial charge in [-0.05, 0) is 49.7 Å². The van der Waals surface area contributed by atoms with Gasteiger partial charge in [-0.3, -0.25) is 4.90 Å². The molecule has 5 heteroatoms. The minimum Gasteiger partial charge on any atom is -0.327 e. The van der Waals surface area contributed by atoms with Gasteiger partial charge in [0.15, 0.2) is 0 Å². The molecule has 1 aromatic carbocycles. The maximum atomic E-state index is 13.0. The van der Waals surface area contributed by atoms with Crippen LogP contribution in [-0.2, 0) is 6.54 Å². The average Bonchev–Trinajstić information content (AvgIpc) is 2.88. The van der Waals surface area contributed by atoms with E-state index in [1.165, 1.54) is 12.1 Å². The molecular formula is C15H19FN4. The summed E-state index contributed by atoms with van der Waals surface area (Å²) < 4.78 is 14.9. The zero-order valence-electron chi connectivity index (χ0n) is 11.4. The molecule has 1 saturated heterocycles. The molecule has 1 unspecified atom stereocenters. The summed E-state index contributed by atoms with van der Waals surface area (Å²) in [6.45, 7) is 2.82. The lowest BCUT2D eigenvalue weighted by Crippen LogP contribution is -2.42. The number of benzene rings is 1. The van der Waals surface area contributed by atoms with Gasteiger partial charge in [0.25, 0.3) is 0 Å². The van der Waals surface area contributed by atoms with E-state index in [1.54, 1.807) is 18.3 Å². The molecule has 1 atom stereocenters. The van der Waals surface area contributed by atoms with Crippen LogP contribution in [0.3, 0.4) is 0 Å². The molecule has 2 heterocycles. The van der Waals surface area contributed by atoms with Crippen LogP contribution in [0.15, 0.2) is 36.5 Å². The topological polar surface area (TPSA) is 47.1 Å². The fraction of sp³-hybridized carbons (Fsp3) is 0.400. The summed E-state index contributed by atoms with van der Waals surface area (Å²) in [4.78, 5) is 2.35. The van der Waals surface area contributed by atoms with Gasteiger partial charge < -0.3 is 5.73 Å². The van der Waals surface area contributed by atoms with Crippen molar-refractivity contribution < 1.29 is 4.39 Å². The number of hydrogen-bond donors (Lipinski definition) is 1. The first kappa shape index (κ1) is 13.3. The highest BCUT2D eigenvalue weighted by molar-refractivity contribution is 5.32. The number of piperidine rings is 1. The van der Waals surface area contributed by atoms with Crippen LogP contribution in [-0.4, -0.2) is 33.8 Å². The molecule has 2 N–H and O–H groups in total. The van der Waals surface area contributed by atoms with Gasteiger partial charge in [-0.2, -0.15) is 5.10 Å². The van der Waals surface area contributed by atoms with E-state index < -0.39 is 0 Å². The van der Waals surface area contributed by atoms with Crippen LogP contribution in [0, 0.1) is 5.82 Å². The van der Waals surface area contributed by atoms with Gasteiger partial charge in [-0.15, -0.1) is 0 Å². The van der Waals surface area contributed by atoms with Gasteiger partial charge in [0.1, 0.15) is 5.82 Å². The molecule has 1 aromatic heterocycles. The van der Waals surface area contributed by atoms with E-state index in [0.29, 0.717) is 0 Å². The summed E-state index contributed by atoms with van der Waals surface area (Å²) in [5, 5.41) is 4.34. The molecule has 0 spiro atoms. The Bertz CT molecular complexity index is 564. The van der Waals surface area contributed by atoms with E-state index in [4.69, 9.17) is 5.73 Å². The fourth-order valence-electron chi connectivity index (χ4n) is 2.73. The van der Waals surface area contributed by atoms with Crippen LogP contribution in [0.25, 0.3) is 5.69 Å². The molecule has 2 aromatic rings. The van der Waals surface area contributed by atoms with E-state index in [1.807, 2.05) is 10.7 Å². The third-order valence-corrected chi connectivity index (χ3v) is 3.72. The molecule has 0 aliphatic carbocycles. The third-order valence-electron chi connectivity index (χ3n) is 3.72. The number of likely N-dealkylation sites (tertiary alicyclic amines) is 1. The average molecular weight is 274 g/mol. The third kappa shape index (κ3) is 2.89. The van der Waals surface area contributed by atoms with Gasteiger partial charge in [0.2, 0.25) is 0 Å². The fourth-order valence-corrected chi connectivity index (χ4v) is 2.73. The monoisotopic (exact) mass is 274 g/mol. The standard InChI is InChI=1S/C15H19FN4/c16-12-3-5-14(6-4-12)20-15(7-8-18-20)11-19-9-1-2-13(17)10-19/h3-8,13H,1-2,9-11,17H2. The van der Waals surface area contributed by atoms with Crippen molar-refractivity contribution in [3.8, 4) is 5.69 Å². The van der Waals surface area contributed by atoms with Crippen molar-refractivity contribution in [1.29, 1.82) is 0 Å². The highest BCUT2D eigenvalue weighted by atomic mass is 19.1. The lowest BCUT2D eigenvalue weighted by atomic mass is 10.1. The second-order valence-electron chi connectivity index (χ2n) is 5.35. The Kier molecular flexibility index (Phi) is 3.80. The van der Waals surface area contributed by atoms with Gasteiger partial charge in [-0.25, -0.2) is 9.07 Å². The van der Waals surface area contributed by atoms with Crippen molar-refractivity contribution in [2.45, 2.75) is 25.4 Å². The van der Waals surface area contributed by atoms with Crippen molar-refractivity contribution in [1.82, 2.24) is 14.7 Å². The molecule has 0 amide bonds. The molecule has 3 rings (SSSR count). The molecule has 0 saturated carbocycles. The largest absolute Gasteiger partial charge is 0.327 e. The van der Waals surface area contributed by atoms with Crippen molar-refractivity contribution in [3.05, 3.63) is 48.0 Å². The van der Waals surface area contributed by atoms with E-state index in [9.17, 15) is 4.39 Å². The highest BCUT2D eigenvalue weighted by Gasteiger charge is 2.18. The molecule has 1 aliphatic heterocycles. The first-order chi connectivity index (χ1) is 9.72. The van der Waals surface area contributed by atoms with Crippen LogP contribution in [0.4, 0.5) is 4.39 Å². The Hall–Kier alpha value is -1.72. The predicted molar refractivity (Wildman–Crippen MR) is 76.0 cm³/mol. The van der Waals surface area contributed by atoms with Crippen molar-refractivity contribution in [2.24, 2.45) is 5.73 Å². The maximum absolute atomic E-state index is 13.0. The van der Waals surface area contributed by atoms with Crippen LogP contribution >= 0.6 is 0 Å². The maximum Gasteiger partial charge on any atom is 0.123 e. The number of aromatic nitrogens is 2. The van der Waals surface area contributed by atoms with Crippen LogP contribution < -0.4 is 5.73 Å². The molecule has 1 fully saturated rings. The molecule has 106 valence electrons. The Balaban J connectivity index is 1.78. The lowest BCUT2D eigenvalue weighted by molar-refractivity contribution is 0.198. The van der Waals surface area contributed by atoms with Crippen LogP contribution in [0.1, 0.15) is 18.5 Å². The normalized spacial score (nSPS) is 20.2. The van der Waals surface area contributed by atoms with Gasteiger partial charge in [0, 0.05) is 25.3 Å². The lowest BCUT2D eigenvalue weighted by Gasteiger charge is -2.30. The smallest absolute Gasteiger partial charge is 0.123 e. The van der Waals surface area contributed by atoms with E-state index in [2.05, 4.69) is 10.00 Å². The van der Waals surface area contributed by atoms with E-state index >= 15 is 0 Å². The number of rotatable bonds is 3. The summed E-state index contributed by atoms with van der Waals surface area (Å²) >= 11 is 0. The van der Waals surface area contributed by atoms with Crippen LogP contribution in [0.2, 0.25) is 0 Å². The van der Waals surface area contributed by atoms with Gasteiger partial charge in [-0.1, -0.05) is 0 Å². The summed E-state index contributed by atoms with van der Waals surface area (Å²) in [6, 6.07) is 8.67. The zero-order chi connectivity index (χ0) is 13.9. The molecule has 1 aliphatic rings. The minimum absolute atomic E-state index is 0.232. The second-order valence-corrected chi connectivity index (χ2v) is 5.35. The Morgan fingerprint density at radius 3 is 2.80 bits per heavy atom. The molecule has 20 heavy (non-hydrogen) atoms. The first-order valence-electron chi connectivity index (χ1n) is 6.99. The molecule has 4 nitrogen and oxygen atoms in total. The van der Waals surface area contributed by atoms with Crippen molar-refractivity contribution >= 4 is 0 Å². The first-order valence-corrected chi connectivity index (χ1v) is 6.99. The number of halogens is 1. The minimum atomic E-state index is -0.232. The number of nitrogens with two attached hydrogens (primary N) is 1.